The largest absolute Gasteiger partial charge is 0.385 e. The first kappa shape index (κ1) is 11.1. The van der Waals surface area contributed by atoms with Crippen molar-refractivity contribution in [1.29, 1.82) is 0 Å². The van der Waals surface area contributed by atoms with Gasteiger partial charge in [-0.2, -0.15) is 0 Å². The van der Waals surface area contributed by atoms with E-state index < -0.39 is 0 Å². The summed E-state index contributed by atoms with van der Waals surface area (Å²) in [7, 11) is 1.64. The first-order valence-corrected chi connectivity index (χ1v) is 4.69. The maximum Gasteiger partial charge on any atom is 0.240 e. The maximum atomic E-state index is 11.1. The third-order valence-corrected chi connectivity index (χ3v) is 2.34. The number of methoxy groups -OCH3 is 1. The Hall–Kier alpha value is -0.940. The number of amides is 2. The van der Waals surface area contributed by atoms with Crippen molar-refractivity contribution in [3.63, 3.8) is 0 Å². The number of hydrogen-bond donors (Lipinski definition) is 1. The molecule has 1 saturated heterocycles. The maximum absolute atomic E-state index is 11.1. The van der Waals surface area contributed by atoms with Gasteiger partial charge in [0, 0.05) is 19.8 Å². The molecule has 5 heteroatoms. The lowest BCUT2D eigenvalue weighted by Gasteiger charge is -2.30. The fourth-order valence-corrected chi connectivity index (χ4v) is 1.44. The average molecular weight is 200 g/mol. The molecule has 0 aliphatic carbocycles. The van der Waals surface area contributed by atoms with Gasteiger partial charge in [-0.25, -0.2) is 0 Å². The van der Waals surface area contributed by atoms with E-state index in [1.54, 1.807) is 7.11 Å². The Morgan fingerprint density at radius 1 is 1.43 bits per heavy atom. The van der Waals surface area contributed by atoms with Crippen LogP contribution in [0.5, 0.6) is 0 Å². The summed E-state index contributed by atoms with van der Waals surface area (Å²) in [4.78, 5) is 24.0. The highest BCUT2D eigenvalue weighted by molar-refractivity contribution is 5.99. The molecule has 1 heterocycles. The molecule has 1 unspecified atom stereocenters. The molecule has 0 saturated carbocycles. The van der Waals surface area contributed by atoms with Crippen LogP contribution in [0, 0.1) is 0 Å². The summed E-state index contributed by atoms with van der Waals surface area (Å²) >= 11 is 0. The molecule has 0 aromatic carbocycles. The fourth-order valence-electron chi connectivity index (χ4n) is 1.44. The second-order valence-electron chi connectivity index (χ2n) is 3.51. The van der Waals surface area contributed by atoms with Crippen LogP contribution in [0.15, 0.2) is 0 Å². The number of carbonyl (C=O) groups is 2. The number of carbonyl (C=O) groups excluding carboxylic acids is 2. The minimum atomic E-state index is -0.217. The van der Waals surface area contributed by atoms with Gasteiger partial charge in [0.2, 0.25) is 11.8 Å². The van der Waals surface area contributed by atoms with E-state index in [4.69, 9.17) is 4.74 Å². The molecule has 1 fully saturated rings. The molecule has 1 N–H and O–H groups in total. The van der Waals surface area contributed by atoms with Crippen molar-refractivity contribution in [2.24, 2.45) is 0 Å². The van der Waals surface area contributed by atoms with Gasteiger partial charge in [-0.05, 0) is 13.3 Å². The molecule has 0 radical (unpaired) electrons. The van der Waals surface area contributed by atoms with E-state index >= 15 is 0 Å². The Kier molecular flexibility index (Phi) is 4.03. The van der Waals surface area contributed by atoms with E-state index in [-0.39, 0.29) is 17.9 Å². The van der Waals surface area contributed by atoms with Gasteiger partial charge in [0.25, 0.3) is 0 Å². The fraction of sp³-hybridized carbons (Fsp3) is 0.778. The number of imide groups is 1. The summed E-state index contributed by atoms with van der Waals surface area (Å²) in [5, 5.41) is 2.27. The summed E-state index contributed by atoms with van der Waals surface area (Å²) < 4.78 is 4.94. The molecule has 1 aliphatic heterocycles. The molecular formula is C9H16N2O3. The Morgan fingerprint density at radius 2 is 2.00 bits per heavy atom. The van der Waals surface area contributed by atoms with Crippen LogP contribution in [0.2, 0.25) is 0 Å². The third-order valence-electron chi connectivity index (χ3n) is 2.34. The van der Waals surface area contributed by atoms with Gasteiger partial charge in [0.1, 0.15) is 0 Å². The van der Waals surface area contributed by atoms with E-state index in [9.17, 15) is 9.59 Å². The van der Waals surface area contributed by atoms with Crippen molar-refractivity contribution in [2.45, 2.75) is 19.4 Å². The number of nitrogens with one attached hydrogen (secondary N) is 1. The zero-order valence-corrected chi connectivity index (χ0v) is 8.58. The normalized spacial score (nSPS) is 20.7. The van der Waals surface area contributed by atoms with Crippen molar-refractivity contribution < 1.29 is 14.3 Å². The van der Waals surface area contributed by atoms with Gasteiger partial charge in [0.15, 0.2) is 0 Å². The first-order chi connectivity index (χ1) is 6.63. The number of hydrogen-bond acceptors (Lipinski definition) is 4. The Labute approximate surface area is 83.4 Å². The van der Waals surface area contributed by atoms with Crippen molar-refractivity contribution in [3.05, 3.63) is 0 Å². The number of ether oxygens (including phenoxy) is 1. The van der Waals surface area contributed by atoms with E-state index in [2.05, 4.69) is 5.32 Å². The topological polar surface area (TPSA) is 58.6 Å². The zero-order chi connectivity index (χ0) is 10.6. The molecule has 0 spiro atoms. The van der Waals surface area contributed by atoms with Crippen LogP contribution in [-0.4, -0.2) is 49.6 Å². The van der Waals surface area contributed by atoms with Crippen LogP contribution in [-0.2, 0) is 14.3 Å². The Balaban J connectivity index is 2.42. The lowest BCUT2D eigenvalue weighted by Crippen LogP contribution is -2.54. The summed E-state index contributed by atoms with van der Waals surface area (Å²) in [5.41, 5.74) is 0. The monoisotopic (exact) mass is 200 g/mol. The van der Waals surface area contributed by atoms with Gasteiger partial charge in [0.05, 0.1) is 13.1 Å². The summed E-state index contributed by atoms with van der Waals surface area (Å²) in [6.45, 7) is 3.24. The van der Waals surface area contributed by atoms with Gasteiger partial charge in [-0.1, -0.05) is 0 Å². The number of piperazine rings is 1. The second-order valence-corrected chi connectivity index (χ2v) is 3.51. The minimum Gasteiger partial charge on any atom is -0.385 e. The first-order valence-electron chi connectivity index (χ1n) is 4.69. The summed E-state index contributed by atoms with van der Waals surface area (Å²) in [5.74, 6) is -0.434. The molecule has 0 bridgehead atoms. The van der Waals surface area contributed by atoms with E-state index in [0.29, 0.717) is 19.7 Å². The molecular weight excluding hydrogens is 184 g/mol. The minimum absolute atomic E-state index is 0.199. The second kappa shape index (κ2) is 5.07. The van der Waals surface area contributed by atoms with Crippen LogP contribution in [0.1, 0.15) is 13.3 Å². The third kappa shape index (κ3) is 3.08. The SMILES string of the molecule is COCCC(C)N1CC(=O)NC(=O)C1. The highest BCUT2D eigenvalue weighted by Gasteiger charge is 2.25. The van der Waals surface area contributed by atoms with Crippen LogP contribution >= 0.6 is 0 Å². The molecule has 1 aliphatic rings. The molecule has 1 atom stereocenters. The molecule has 0 aromatic rings. The van der Waals surface area contributed by atoms with Crippen LogP contribution in [0.3, 0.4) is 0 Å². The van der Waals surface area contributed by atoms with Gasteiger partial charge in [-0.15, -0.1) is 0 Å². The van der Waals surface area contributed by atoms with E-state index in [0.717, 1.165) is 6.42 Å². The van der Waals surface area contributed by atoms with E-state index in [1.807, 2.05) is 11.8 Å². The Morgan fingerprint density at radius 3 is 2.50 bits per heavy atom. The number of rotatable bonds is 4. The molecule has 5 nitrogen and oxygen atoms in total. The quantitative estimate of drug-likeness (QED) is 0.614. The van der Waals surface area contributed by atoms with Crippen molar-refractivity contribution in [2.75, 3.05) is 26.8 Å². The predicted molar refractivity (Wildman–Crippen MR) is 50.7 cm³/mol. The van der Waals surface area contributed by atoms with Crippen LogP contribution in [0.25, 0.3) is 0 Å². The van der Waals surface area contributed by atoms with Gasteiger partial charge in [-0.3, -0.25) is 19.8 Å². The molecule has 2 amide bonds. The van der Waals surface area contributed by atoms with Crippen LogP contribution < -0.4 is 5.32 Å². The van der Waals surface area contributed by atoms with Gasteiger partial charge >= 0.3 is 0 Å². The lowest BCUT2D eigenvalue weighted by atomic mass is 10.2. The van der Waals surface area contributed by atoms with E-state index in [1.165, 1.54) is 0 Å². The smallest absolute Gasteiger partial charge is 0.240 e. The van der Waals surface area contributed by atoms with Crippen LogP contribution in [0.4, 0.5) is 0 Å². The predicted octanol–water partition coefficient (Wildman–Crippen LogP) is -0.630. The lowest BCUT2D eigenvalue weighted by molar-refractivity contribution is -0.137. The summed E-state index contributed by atoms with van der Waals surface area (Å²) in [6, 6.07) is 0.199. The highest BCUT2D eigenvalue weighted by atomic mass is 16.5. The molecule has 14 heavy (non-hydrogen) atoms. The summed E-state index contributed by atoms with van der Waals surface area (Å²) in [6.07, 6.45) is 0.830. The number of nitrogens with zero attached hydrogens (tertiary/aromatic N) is 1. The highest BCUT2D eigenvalue weighted by Crippen LogP contribution is 2.05. The molecule has 80 valence electrons. The zero-order valence-electron chi connectivity index (χ0n) is 8.58. The van der Waals surface area contributed by atoms with Crippen molar-refractivity contribution in [1.82, 2.24) is 10.2 Å². The Bertz CT molecular complexity index is 214. The van der Waals surface area contributed by atoms with Gasteiger partial charge < -0.3 is 4.74 Å². The van der Waals surface area contributed by atoms with Crippen molar-refractivity contribution >= 4 is 11.8 Å². The standard InChI is InChI=1S/C9H16N2O3/c1-7(3-4-14-2)11-5-8(12)10-9(13)6-11/h7H,3-6H2,1-2H3,(H,10,12,13). The molecule has 1 rings (SSSR count). The molecule has 0 aromatic heterocycles. The average Bonchev–Trinajstić information content (AvgIpc) is 2.12. The van der Waals surface area contributed by atoms with Crippen molar-refractivity contribution in [3.8, 4) is 0 Å².